The average Bonchev–Trinajstić information content (AvgIpc) is 2.64. The van der Waals surface area contributed by atoms with E-state index in [4.69, 9.17) is 0 Å². The van der Waals surface area contributed by atoms with Crippen molar-refractivity contribution in [3.63, 3.8) is 0 Å². The maximum absolute atomic E-state index is 13.8. The van der Waals surface area contributed by atoms with Gasteiger partial charge in [0.25, 0.3) is 0 Å². The van der Waals surface area contributed by atoms with Gasteiger partial charge in [-0.15, -0.1) is 0 Å². The standard InChI is InChI=1S/C14H19FO/c1-3-11-5-4-8-14(11,16)12-9-10(2)6-7-13(12)15/h6-7,9,11,16H,3-5,8H2,1-2H3. The highest BCUT2D eigenvalue weighted by Gasteiger charge is 2.42. The van der Waals surface area contributed by atoms with Gasteiger partial charge in [-0.3, -0.25) is 0 Å². The molecule has 0 heterocycles. The Labute approximate surface area is 96.3 Å². The van der Waals surface area contributed by atoms with Crippen molar-refractivity contribution in [2.24, 2.45) is 5.92 Å². The molecule has 2 atom stereocenters. The average molecular weight is 222 g/mol. The fraction of sp³-hybridized carbons (Fsp3) is 0.571. The molecule has 1 nitrogen and oxygen atoms in total. The predicted molar refractivity (Wildman–Crippen MR) is 62.7 cm³/mol. The third kappa shape index (κ3) is 1.75. The molecule has 1 aromatic carbocycles. The van der Waals surface area contributed by atoms with Gasteiger partial charge in [-0.1, -0.05) is 31.0 Å². The van der Waals surface area contributed by atoms with E-state index in [-0.39, 0.29) is 11.7 Å². The Morgan fingerprint density at radius 3 is 2.94 bits per heavy atom. The Bertz CT molecular complexity index is 388. The largest absolute Gasteiger partial charge is 0.385 e. The van der Waals surface area contributed by atoms with Crippen LogP contribution in [0.5, 0.6) is 0 Å². The first-order valence-corrected chi connectivity index (χ1v) is 6.07. The van der Waals surface area contributed by atoms with Crippen LogP contribution < -0.4 is 0 Å². The molecule has 0 bridgehead atoms. The molecule has 0 aliphatic heterocycles. The molecule has 1 fully saturated rings. The van der Waals surface area contributed by atoms with Crippen LogP contribution in [-0.4, -0.2) is 5.11 Å². The lowest BCUT2D eigenvalue weighted by Gasteiger charge is -2.30. The van der Waals surface area contributed by atoms with Gasteiger partial charge in [0.15, 0.2) is 0 Å². The van der Waals surface area contributed by atoms with Crippen LogP contribution in [0.4, 0.5) is 4.39 Å². The van der Waals surface area contributed by atoms with Crippen molar-refractivity contribution in [3.05, 3.63) is 35.1 Å². The molecule has 1 aliphatic carbocycles. The molecule has 0 amide bonds. The Balaban J connectivity index is 2.45. The van der Waals surface area contributed by atoms with Gasteiger partial charge in [-0.25, -0.2) is 4.39 Å². The van der Waals surface area contributed by atoms with Crippen LogP contribution in [0.25, 0.3) is 0 Å². The molecule has 1 saturated carbocycles. The zero-order valence-corrected chi connectivity index (χ0v) is 9.96. The maximum Gasteiger partial charge on any atom is 0.129 e. The molecule has 16 heavy (non-hydrogen) atoms. The molecule has 88 valence electrons. The highest BCUT2D eigenvalue weighted by atomic mass is 19.1. The molecule has 0 radical (unpaired) electrons. The van der Waals surface area contributed by atoms with Crippen molar-refractivity contribution in [2.45, 2.75) is 45.1 Å². The number of aryl methyl sites for hydroxylation is 1. The van der Waals surface area contributed by atoms with Gasteiger partial charge in [0, 0.05) is 5.56 Å². The zero-order chi connectivity index (χ0) is 11.8. The van der Waals surface area contributed by atoms with Gasteiger partial charge in [0.1, 0.15) is 5.82 Å². The fourth-order valence-electron chi connectivity index (χ4n) is 2.93. The van der Waals surface area contributed by atoms with Crippen molar-refractivity contribution in [1.82, 2.24) is 0 Å². The molecule has 1 aliphatic rings. The number of benzene rings is 1. The Morgan fingerprint density at radius 1 is 1.50 bits per heavy atom. The lowest BCUT2D eigenvalue weighted by molar-refractivity contribution is -0.00708. The summed E-state index contributed by atoms with van der Waals surface area (Å²) in [6.45, 7) is 4.00. The second-order valence-corrected chi connectivity index (χ2v) is 4.90. The van der Waals surface area contributed by atoms with Crippen LogP contribution in [0.1, 0.15) is 43.7 Å². The second-order valence-electron chi connectivity index (χ2n) is 4.90. The normalized spacial score (nSPS) is 29.6. The van der Waals surface area contributed by atoms with E-state index in [0.717, 1.165) is 24.8 Å². The quantitative estimate of drug-likeness (QED) is 0.811. The van der Waals surface area contributed by atoms with Crippen molar-refractivity contribution in [1.29, 1.82) is 0 Å². The number of rotatable bonds is 2. The van der Waals surface area contributed by atoms with Gasteiger partial charge >= 0.3 is 0 Å². The van der Waals surface area contributed by atoms with Crippen LogP contribution in [0.2, 0.25) is 0 Å². The van der Waals surface area contributed by atoms with Crippen LogP contribution in [0.15, 0.2) is 18.2 Å². The predicted octanol–water partition coefficient (Wildman–Crippen LogP) is 3.53. The van der Waals surface area contributed by atoms with E-state index in [1.165, 1.54) is 6.07 Å². The summed E-state index contributed by atoms with van der Waals surface area (Å²) in [5, 5.41) is 10.7. The van der Waals surface area contributed by atoms with Gasteiger partial charge < -0.3 is 5.11 Å². The monoisotopic (exact) mass is 222 g/mol. The van der Waals surface area contributed by atoms with Crippen LogP contribution in [0, 0.1) is 18.7 Å². The Hall–Kier alpha value is -0.890. The van der Waals surface area contributed by atoms with Crippen molar-refractivity contribution in [3.8, 4) is 0 Å². The van der Waals surface area contributed by atoms with Crippen LogP contribution >= 0.6 is 0 Å². The minimum Gasteiger partial charge on any atom is -0.385 e. The lowest BCUT2D eigenvalue weighted by Crippen LogP contribution is -2.31. The van der Waals surface area contributed by atoms with Gasteiger partial charge in [0.2, 0.25) is 0 Å². The molecule has 1 aromatic rings. The molecule has 0 saturated heterocycles. The van der Waals surface area contributed by atoms with E-state index in [1.807, 2.05) is 6.92 Å². The van der Waals surface area contributed by atoms with E-state index in [2.05, 4.69) is 6.92 Å². The summed E-state index contributed by atoms with van der Waals surface area (Å²) in [6.07, 6.45) is 3.58. The molecule has 0 spiro atoms. The molecular weight excluding hydrogens is 203 g/mol. The van der Waals surface area contributed by atoms with Gasteiger partial charge in [-0.05, 0) is 38.2 Å². The van der Waals surface area contributed by atoms with E-state index < -0.39 is 5.60 Å². The molecule has 2 unspecified atom stereocenters. The highest BCUT2D eigenvalue weighted by Crippen LogP contribution is 2.46. The second kappa shape index (κ2) is 4.17. The number of halogens is 1. The summed E-state index contributed by atoms with van der Waals surface area (Å²) in [4.78, 5) is 0. The first kappa shape index (κ1) is 11.6. The molecule has 1 N–H and O–H groups in total. The summed E-state index contributed by atoms with van der Waals surface area (Å²) in [7, 11) is 0. The first-order chi connectivity index (χ1) is 7.58. The maximum atomic E-state index is 13.8. The summed E-state index contributed by atoms with van der Waals surface area (Å²) in [6, 6.07) is 5.01. The third-order valence-corrected chi connectivity index (χ3v) is 3.87. The zero-order valence-electron chi connectivity index (χ0n) is 9.96. The molecular formula is C14H19FO. The van der Waals surface area contributed by atoms with E-state index >= 15 is 0 Å². The van der Waals surface area contributed by atoms with Crippen LogP contribution in [0.3, 0.4) is 0 Å². The SMILES string of the molecule is CCC1CCCC1(O)c1cc(C)ccc1F. The number of aliphatic hydroxyl groups is 1. The van der Waals surface area contributed by atoms with Crippen molar-refractivity contribution in [2.75, 3.05) is 0 Å². The minimum absolute atomic E-state index is 0.198. The van der Waals surface area contributed by atoms with Gasteiger partial charge in [-0.2, -0.15) is 0 Å². The Kier molecular flexibility index (Phi) is 3.02. The first-order valence-electron chi connectivity index (χ1n) is 6.07. The van der Waals surface area contributed by atoms with E-state index in [1.54, 1.807) is 12.1 Å². The number of hydrogen-bond acceptors (Lipinski definition) is 1. The lowest BCUT2D eigenvalue weighted by atomic mass is 9.81. The summed E-state index contributed by atoms with van der Waals surface area (Å²) in [5.74, 6) is -0.0720. The fourth-order valence-corrected chi connectivity index (χ4v) is 2.93. The minimum atomic E-state index is -0.940. The number of hydrogen-bond donors (Lipinski definition) is 1. The summed E-state index contributed by atoms with van der Waals surface area (Å²) in [5.41, 5.74) is 0.564. The smallest absolute Gasteiger partial charge is 0.129 e. The highest BCUT2D eigenvalue weighted by molar-refractivity contribution is 5.30. The Morgan fingerprint density at radius 2 is 2.25 bits per heavy atom. The molecule has 2 rings (SSSR count). The summed E-state index contributed by atoms with van der Waals surface area (Å²) >= 11 is 0. The molecule has 2 heteroatoms. The third-order valence-electron chi connectivity index (χ3n) is 3.87. The topological polar surface area (TPSA) is 20.2 Å². The van der Waals surface area contributed by atoms with Crippen molar-refractivity contribution >= 4 is 0 Å². The van der Waals surface area contributed by atoms with Crippen molar-refractivity contribution < 1.29 is 9.50 Å². The van der Waals surface area contributed by atoms with Gasteiger partial charge in [0.05, 0.1) is 5.60 Å². The van der Waals surface area contributed by atoms with Crippen LogP contribution in [-0.2, 0) is 5.60 Å². The van der Waals surface area contributed by atoms with E-state index in [0.29, 0.717) is 12.0 Å². The van der Waals surface area contributed by atoms with E-state index in [9.17, 15) is 9.50 Å². The summed E-state index contributed by atoms with van der Waals surface area (Å²) < 4.78 is 13.8. The molecule has 0 aromatic heterocycles.